The molecule has 0 spiro atoms. The molecule has 0 atom stereocenters. The molecule has 0 aliphatic heterocycles. The van der Waals surface area contributed by atoms with E-state index in [-0.39, 0.29) is 5.92 Å². The molecular formula is C10H13N5S2. The summed E-state index contributed by atoms with van der Waals surface area (Å²) in [5, 5.41) is 8.65. The maximum atomic E-state index is 5.89. The summed E-state index contributed by atoms with van der Waals surface area (Å²) in [4.78, 5) is 8.80. The third kappa shape index (κ3) is 2.73. The number of anilines is 1. The molecule has 17 heavy (non-hydrogen) atoms. The van der Waals surface area contributed by atoms with Crippen LogP contribution in [-0.2, 0) is 0 Å². The number of hydrogen-bond donors (Lipinski definition) is 1. The molecule has 0 unspecified atom stereocenters. The highest BCUT2D eigenvalue weighted by molar-refractivity contribution is 8.01. The van der Waals surface area contributed by atoms with Crippen LogP contribution in [0, 0.1) is 6.92 Å². The fourth-order valence-electron chi connectivity index (χ4n) is 1.18. The van der Waals surface area contributed by atoms with Crippen LogP contribution in [-0.4, -0.2) is 20.2 Å². The van der Waals surface area contributed by atoms with Gasteiger partial charge in [-0.15, -0.1) is 10.2 Å². The molecule has 7 heteroatoms. The van der Waals surface area contributed by atoms with Gasteiger partial charge in [0, 0.05) is 11.5 Å². The lowest BCUT2D eigenvalue weighted by Crippen LogP contribution is -2.05. The zero-order chi connectivity index (χ0) is 12.4. The van der Waals surface area contributed by atoms with E-state index in [2.05, 4.69) is 20.2 Å². The summed E-state index contributed by atoms with van der Waals surface area (Å²) in [5.41, 5.74) is 8.49. The number of rotatable bonds is 3. The molecule has 0 aliphatic carbocycles. The van der Waals surface area contributed by atoms with Gasteiger partial charge in [-0.05, 0) is 18.7 Å². The van der Waals surface area contributed by atoms with Gasteiger partial charge in [0.2, 0.25) is 0 Å². The van der Waals surface area contributed by atoms with Crippen LogP contribution in [0.3, 0.4) is 0 Å². The Hall–Kier alpha value is -1.21. The number of nitrogen functional groups attached to an aromatic ring is 1. The lowest BCUT2D eigenvalue weighted by atomic mass is 10.2. The first-order valence-electron chi connectivity index (χ1n) is 5.16. The molecule has 0 aliphatic rings. The summed E-state index contributed by atoms with van der Waals surface area (Å²) in [6, 6.07) is 0. The number of aromatic nitrogens is 4. The molecule has 0 saturated carbocycles. The van der Waals surface area contributed by atoms with Crippen LogP contribution in [0.25, 0.3) is 0 Å². The minimum atomic E-state index is 0.256. The molecule has 2 aromatic heterocycles. The van der Waals surface area contributed by atoms with Crippen molar-refractivity contribution in [3.05, 3.63) is 16.9 Å². The Labute approximate surface area is 108 Å². The lowest BCUT2D eigenvalue weighted by molar-refractivity contribution is 0.751. The van der Waals surface area contributed by atoms with E-state index >= 15 is 0 Å². The summed E-state index contributed by atoms with van der Waals surface area (Å²) in [6.07, 6.45) is 0. The van der Waals surface area contributed by atoms with Crippen molar-refractivity contribution in [2.75, 3.05) is 5.73 Å². The summed E-state index contributed by atoms with van der Waals surface area (Å²) < 4.78 is 0.862. The van der Waals surface area contributed by atoms with Crippen LogP contribution < -0.4 is 5.73 Å². The second-order valence-electron chi connectivity index (χ2n) is 3.86. The normalized spacial score (nSPS) is 11.1. The van der Waals surface area contributed by atoms with Crippen molar-refractivity contribution in [2.45, 2.75) is 36.1 Å². The average Bonchev–Trinajstić information content (AvgIpc) is 2.77. The summed E-state index contributed by atoms with van der Waals surface area (Å²) >= 11 is 2.97. The highest BCUT2D eigenvalue weighted by atomic mass is 32.2. The second kappa shape index (κ2) is 4.97. The van der Waals surface area contributed by atoms with Gasteiger partial charge in [-0.1, -0.05) is 25.2 Å². The highest BCUT2D eigenvalue weighted by Gasteiger charge is 2.13. The van der Waals surface area contributed by atoms with E-state index in [1.54, 1.807) is 5.51 Å². The van der Waals surface area contributed by atoms with E-state index in [1.165, 1.54) is 23.1 Å². The van der Waals surface area contributed by atoms with Gasteiger partial charge in [0.15, 0.2) is 4.34 Å². The van der Waals surface area contributed by atoms with E-state index in [1.807, 2.05) is 20.8 Å². The van der Waals surface area contributed by atoms with Crippen molar-refractivity contribution in [3.8, 4) is 0 Å². The van der Waals surface area contributed by atoms with Gasteiger partial charge >= 0.3 is 0 Å². The third-order valence-corrected chi connectivity index (χ3v) is 4.07. The standard InChI is InChI=1S/C10H13N5S2/c1-5(2)8-13-7(11)6(3)9(14-8)17-10-15-12-4-16-10/h4-5H,1-3H3,(H2,11,13,14). The van der Waals surface area contributed by atoms with Crippen molar-refractivity contribution in [2.24, 2.45) is 0 Å². The number of hydrogen-bond acceptors (Lipinski definition) is 7. The van der Waals surface area contributed by atoms with Gasteiger partial charge in [0.05, 0.1) is 0 Å². The quantitative estimate of drug-likeness (QED) is 0.861. The first-order valence-corrected chi connectivity index (χ1v) is 6.85. The summed E-state index contributed by atoms with van der Waals surface area (Å²) in [7, 11) is 0. The van der Waals surface area contributed by atoms with Crippen LogP contribution in [0.4, 0.5) is 5.82 Å². The minimum Gasteiger partial charge on any atom is -0.383 e. The predicted octanol–water partition coefficient (Wildman–Crippen LogP) is 2.49. The van der Waals surface area contributed by atoms with Crippen molar-refractivity contribution < 1.29 is 0 Å². The van der Waals surface area contributed by atoms with E-state index < -0.39 is 0 Å². The molecular weight excluding hydrogens is 254 g/mol. The van der Waals surface area contributed by atoms with Gasteiger partial charge in [0.1, 0.15) is 22.2 Å². The summed E-state index contributed by atoms with van der Waals surface area (Å²) in [6.45, 7) is 6.01. The maximum absolute atomic E-state index is 5.89. The van der Waals surface area contributed by atoms with Crippen LogP contribution in [0.2, 0.25) is 0 Å². The average molecular weight is 267 g/mol. The zero-order valence-electron chi connectivity index (χ0n) is 9.84. The fraction of sp³-hybridized carbons (Fsp3) is 0.400. The molecule has 0 radical (unpaired) electrons. The molecule has 0 amide bonds. The van der Waals surface area contributed by atoms with Gasteiger partial charge in [0.25, 0.3) is 0 Å². The largest absolute Gasteiger partial charge is 0.383 e. The van der Waals surface area contributed by atoms with Crippen molar-refractivity contribution >= 4 is 28.9 Å². The van der Waals surface area contributed by atoms with E-state index in [4.69, 9.17) is 5.73 Å². The first-order chi connectivity index (χ1) is 8.08. The molecule has 2 rings (SSSR count). The third-order valence-electron chi connectivity index (χ3n) is 2.20. The van der Waals surface area contributed by atoms with Gasteiger partial charge < -0.3 is 5.73 Å². The van der Waals surface area contributed by atoms with Crippen LogP contribution in [0.1, 0.15) is 31.2 Å². The Morgan fingerprint density at radius 3 is 2.71 bits per heavy atom. The van der Waals surface area contributed by atoms with Gasteiger partial charge in [-0.25, -0.2) is 9.97 Å². The Balaban J connectivity index is 2.38. The van der Waals surface area contributed by atoms with Crippen molar-refractivity contribution in [3.63, 3.8) is 0 Å². The molecule has 2 N–H and O–H groups in total. The van der Waals surface area contributed by atoms with Crippen molar-refractivity contribution in [1.29, 1.82) is 0 Å². The minimum absolute atomic E-state index is 0.256. The number of nitrogens with zero attached hydrogens (tertiary/aromatic N) is 4. The molecule has 2 heterocycles. The monoisotopic (exact) mass is 267 g/mol. The molecule has 90 valence electrons. The van der Waals surface area contributed by atoms with Gasteiger partial charge in [-0.3, -0.25) is 0 Å². The van der Waals surface area contributed by atoms with Crippen molar-refractivity contribution in [1.82, 2.24) is 20.2 Å². The molecule has 2 aromatic rings. The Morgan fingerprint density at radius 1 is 1.35 bits per heavy atom. The molecule has 0 bridgehead atoms. The predicted molar refractivity (Wildman–Crippen MR) is 69.3 cm³/mol. The fourth-order valence-corrected chi connectivity index (χ4v) is 2.66. The highest BCUT2D eigenvalue weighted by Crippen LogP contribution is 2.31. The Bertz CT molecular complexity index is 510. The van der Waals surface area contributed by atoms with Crippen LogP contribution in [0.5, 0.6) is 0 Å². The summed E-state index contributed by atoms with van der Waals surface area (Å²) in [5.74, 6) is 1.56. The van der Waals surface area contributed by atoms with Crippen LogP contribution >= 0.6 is 23.1 Å². The van der Waals surface area contributed by atoms with E-state index in [9.17, 15) is 0 Å². The lowest BCUT2D eigenvalue weighted by Gasteiger charge is -2.10. The van der Waals surface area contributed by atoms with Crippen LogP contribution in [0.15, 0.2) is 14.9 Å². The van der Waals surface area contributed by atoms with Gasteiger partial charge in [-0.2, -0.15) is 0 Å². The smallest absolute Gasteiger partial charge is 0.180 e. The van der Waals surface area contributed by atoms with E-state index in [0.717, 1.165) is 20.8 Å². The topological polar surface area (TPSA) is 77.6 Å². The SMILES string of the molecule is Cc1c(N)nc(C(C)C)nc1Sc1nncs1. The Morgan fingerprint density at radius 2 is 2.12 bits per heavy atom. The maximum Gasteiger partial charge on any atom is 0.180 e. The first kappa shape index (κ1) is 12.3. The Kier molecular flexibility index (Phi) is 3.58. The number of nitrogens with two attached hydrogens (primary N) is 1. The molecule has 0 fully saturated rings. The molecule has 0 saturated heterocycles. The molecule has 0 aromatic carbocycles. The van der Waals surface area contributed by atoms with E-state index in [0.29, 0.717) is 5.82 Å². The zero-order valence-corrected chi connectivity index (χ0v) is 11.5. The second-order valence-corrected chi connectivity index (χ2v) is 5.93. The molecule has 5 nitrogen and oxygen atoms in total.